The Balaban J connectivity index is 1.98. The van der Waals surface area contributed by atoms with E-state index < -0.39 is 0 Å². The number of amides is 1. The number of anilines is 2. The lowest BCUT2D eigenvalue weighted by molar-refractivity contribution is -0.117. The van der Waals surface area contributed by atoms with Crippen LogP contribution in [0.25, 0.3) is 0 Å². The first-order chi connectivity index (χ1) is 10.0. The van der Waals surface area contributed by atoms with Gasteiger partial charge in [0, 0.05) is 23.8 Å². The van der Waals surface area contributed by atoms with Crippen LogP contribution in [0.4, 0.5) is 11.4 Å². The molecule has 1 aromatic rings. The van der Waals surface area contributed by atoms with Crippen LogP contribution >= 0.6 is 11.6 Å². The predicted molar refractivity (Wildman–Crippen MR) is 84.1 cm³/mol. The van der Waals surface area contributed by atoms with Gasteiger partial charge in [0.25, 0.3) is 0 Å². The zero-order chi connectivity index (χ0) is 15.1. The summed E-state index contributed by atoms with van der Waals surface area (Å²) in [6.45, 7) is 5.65. The second kappa shape index (κ2) is 5.48. The summed E-state index contributed by atoms with van der Waals surface area (Å²) >= 11 is 6.47. The van der Waals surface area contributed by atoms with Crippen LogP contribution < -0.4 is 15.5 Å². The summed E-state index contributed by atoms with van der Waals surface area (Å²) in [4.78, 5) is 14.2. The summed E-state index contributed by atoms with van der Waals surface area (Å²) in [6.07, 6.45) is 0.171. The first-order valence-corrected chi connectivity index (χ1v) is 7.59. The van der Waals surface area contributed by atoms with Crippen molar-refractivity contribution in [2.75, 3.05) is 30.4 Å². The molecule has 21 heavy (non-hydrogen) atoms. The molecule has 6 heteroatoms. The molecule has 0 saturated carbocycles. The van der Waals surface area contributed by atoms with Crippen molar-refractivity contribution in [2.24, 2.45) is 0 Å². The van der Waals surface area contributed by atoms with E-state index in [1.54, 1.807) is 7.05 Å². The predicted octanol–water partition coefficient (Wildman–Crippen LogP) is 2.17. The van der Waals surface area contributed by atoms with Crippen molar-refractivity contribution >= 4 is 28.9 Å². The number of halogens is 1. The molecule has 0 aromatic heterocycles. The topological polar surface area (TPSA) is 53.6 Å². The molecule has 0 bridgehead atoms. The van der Waals surface area contributed by atoms with Crippen molar-refractivity contribution in [3.05, 3.63) is 22.7 Å². The maximum absolute atomic E-state index is 11.9. The Morgan fingerprint density at radius 3 is 2.90 bits per heavy atom. The van der Waals surface area contributed by atoms with Crippen LogP contribution in [0.3, 0.4) is 0 Å². The molecule has 2 aliphatic rings. The highest BCUT2D eigenvalue weighted by Crippen LogP contribution is 2.39. The largest absolute Gasteiger partial charge is 0.375 e. The third-order valence-corrected chi connectivity index (χ3v) is 4.46. The normalized spacial score (nSPS) is 28.5. The fourth-order valence-electron chi connectivity index (χ4n) is 3.02. The highest BCUT2D eigenvalue weighted by molar-refractivity contribution is 6.33. The lowest BCUT2D eigenvalue weighted by Gasteiger charge is -2.39. The number of carbonyl (C=O) groups is 1. The lowest BCUT2D eigenvalue weighted by Crippen LogP contribution is -2.47. The molecule has 0 radical (unpaired) electrons. The molecular weight excluding hydrogens is 290 g/mol. The van der Waals surface area contributed by atoms with E-state index in [-0.39, 0.29) is 24.1 Å². The Morgan fingerprint density at radius 2 is 2.19 bits per heavy atom. The maximum Gasteiger partial charge on any atom is 0.246 e. The Morgan fingerprint density at radius 1 is 1.43 bits per heavy atom. The van der Waals surface area contributed by atoms with Crippen molar-refractivity contribution in [3.8, 4) is 0 Å². The minimum atomic E-state index is -0.326. The van der Waals surface area contributed by atoms with Crippen molar-refractivity contribution in [3.63, 3.8) is 0 Å². The van der Waals surface area contributed by atoms with Gasteiger partial charge in [-0.15, -0.1) is 0 Å². The average Bonchev–Trinajstić information content (AvgIpc) is 2.75. The Kier molecular flexibility index (Phi) is 3.82. The summed E-state index contributed by atoms with van der Waals surface area (Å²) in [5.41, 5.74) is 2.70. The highest BCUT2D eigenvalue weighted by atomic mass is 35.5. The van der Waals surface area contributed by atoms with Gasteiger partial charge in [-0.3, -0.25) is 4.79 Å². The summed E-state index contributed by atoms with van der Waals surface area (Å²) in [7, 11) is 1.77. The molecule has 2 aliphatic heterocycles. The Bertz CT molecular complexity index is 578. The standard InChI is InChI=1S/C15H20ClN3O2/c1-8-7-21-9(2)6-19(8)13-5-12-10(4-11(13)16)14(17-3)15(20)18-12/h4-5,8-9,14,17H,6-7H2,1-3H3,(H,18,20). The van der Waals surface area contributed by atoms with Crippen molar-refractivity contribution < 1.29 is 9.53 Å². The number of rotatable bonds is 2. The number of nitrogens with one attached hydrogen (secondary N) is 2. The second-order valence-corrected chi connectivity index (χ2v) is 6.15. The minimum absolute atomic E-state index is 0.0379. The number of hydrogen-bond donors (Lipinski definition) is 2. The van der Waals surface area contributed by atoms with E-state index in [0.29, 0.717) is 11.6 Å². The Hall–Kier alpha value is -1.30. The van der Waals surface area contributed by atoms with E-state index in [0.717, 1.165) is 23.5 Å². The number of nitrogens with zero attached hydrogens (tertiary/aromatic N) is 1. The van der Waals surface area contributed by atoms with Crippen LogP contribution in [0, 0.1) is 0 Å². The molecular formula is C15H20ClN3O2. The van der Waals surface area contributed by atoms with E-state index in [1.165, 1.54) is 0 Å². The van der Waals surface area contributed by atoms with Gasteiger partial charge in [-0.05, 0) is 33.0 Å². The third kappa shape index (κ3) is 2.50. The molecule has 0 aliphatic carbocycles. The molecule has 5 nitrogen and oxygen atoms in total. The molecule has 1 saturated heterocycles. The summed E-state index contributed by atoms with van der Waals surface area (Å²) in [5.74, 6) is -0.0379. The summed E-state index contributed by atoms with van der Waals surface area (Å²) in [6, 6.07) is 3.79. The zero-order valence-corrected chi connectivity index (χ0v) is 13.2. The third-order valence-electron chi connectivity index (χ3n) is 4.16. The fraction of sp³-hybridized carbons (Fsp3) is 0.533. The van der Waals surface area contributed by atoms with Crippen molar-refractivity contribution in [2.45, 2.75) is 32.0 Å². The SMILES string of the molecule is CNC1C(=O)Nc2cc(N3CC(C)OCC3C)c(Cl)cc21. The second-order valence-electron chi connectivity index (χ2n) is 5.75. The van der Waals surface area contributed by atoms with Crippen LogP contribution in [0.1, 0.15) is 25.5 Å². The van der Waals surface area contributed by atoms with Gasteiger partial charge in [0.1, 0.15) is 6.04 Å². The first kappa shape index (κ1) is 14.6. The van der Waals surface area contributed by atoms with Crippen LogP contribution in [0.2, 0.25) is 5.02 Å². The van der Waals surface area contributed by atoms with Gasteiger partial charge in [-0.2, -0.15) is 0 Å². The monoisotopic (exact) mass is 309 g/mol. The van der Waals surface area contributed by atoms with E-state index in [1.807, 2.05) is 12.1 Å². The van der Waals surface area contributed by atoms with E-state index >= 15 is 0 Å². The number of fused-ring (bicyclic) bond motifs is 1. The number of ether oxygens (including phenoxy) is 1. The van der Waals surface area contributed by atoms with E-state index in [4.69, 9.17) is 16.3 Å². The van der Waals surface area contributed by atoms with E-state index in [2.05, 4.69) is 29.4 Å². The van der Waals surface area contributed by atoms with E-state index in [9.17, 15) is 4.79 Å². The molecule has 114 valence electrons. The number of benzene rings is 1. The van der Waals surface area contributed by atoms with Crippen molar-refractivity contribution in [1.29, 1.82) is 0 Å². The molecule has 2 heterocycles. The van der Waals surface area contributed by atoms with Crippen LogP contribution in [0.5, 0.6) is 0 Å². The molecule has 1 fully saturated rings. The smallest absolute Gasteiger partial charge is 0.246 e. The molecule has 3 unspecified atom stereocenters. The summed E-state index contributed by atoms with van der Waals surface area (Å²) < 4.78 is 5.66. The molecule has 2 N–H and O–H groups in total. The van der Waals surface area contributed by atoms with Crippen molar-refractivity contribution in [1.82, 2.24) is 5.32 Å². The molecule has 3 atom stereocenters. The lowest BCUT2D eigenvalue weighted by atomic mass is 10.1. The highest BCUT2D eigenvalue weighted by Gasteiger charge is 2.32. The van der Waals surface area contributed by atoms with Gasteiger partial charge in [0.15, 0.2) is 0 Å². The quantitative estimate of drug-likeness (QED) is 0.879. The van der Waals surface area contributed by atoms with Crippen LogP contribution in [0.15, 0.2) is 12.1 Å². The van der Waals surface area contributed by atoms with Gasteiger partial charge in [0.05, 0.1) is 23.4 Å². The van der Waals surface area contributed by atoms with Gasteiger partial charge in [-0.25, -0.2) is 0 Å². The summed E-state index contributed by atoms with van der Waals surface area (Å²) in [5, 5.41) is 6.59. The van der Waals surface area contributed by atoms with Gasteiger partial charge in [-0.1, -0.05) is 11.6 Å². The number of likely N-dealkylation sites (N-methyl/N-ethyl adjacent to an activating group) is 1. The Labute approximate surface area is 129 Å². The molecule has 1 amide bonds. The number of carbonyl (C=O) groups excluding carboxylic acids is 1. The van der Waals surface area contributed by atoms with Crippen LogP contribution in [-0.4, -0.2) is 38.3 Å². The number of morpholine rings is 1. The molecule has 0 spiro atoms. The fourth-order valence-corrected chi connectivity index (χ4v) is 3.30. The average molecular weight is 310 g/mol. The van der Waals surface area contributed by atoms with Gasteiger partial charge in [0.2, 0.25) is 5.91 Å². The first-order valence-electron chi connectivity index (χ1n) is 7.21. The minimum Gasteiger partial charge on any atom is -0.375 e. The maximum atomic E-state index is 11.9. The molecule has 3 rings (SSSR count). The number of hydrogen-bond acceptors (Lipinski definition) is 4. The molecule has 1 aromatic carbocycles. The van der Waals surface area contributed by atoms with Gasteiger partial charge >= 0.3 is 0 Å². The van der Waals surface area contributed by atoms with Gasteiger partial charge < -0.3 is 20.3 Å². The van der Waals surface area contributed by atoms with Crippen LogP contribution in [-0.2, 0) is 9.53 Å². The zero-order valence-electron chi connectivity index (χ0n) is 12.4.